The molecule has 0 radical (unpaired) electrons. The molecule has 0 unspecified atom stereocenters. The number of nitrogens with zero attached hydrogens (tertiary/aromatic N) is 3. The van der Waals surface area contributed by atoms with Crippen molar-refractivity contribution >= 4 is 11.8 Å². The molecule has 1 aromatic carbocycles. The molecule has 1 atom stereocenters. The number of aryl methyl sites for hydroxylation is 1. The van der Waals surface area contributed by atoms with Gasteiger partial charge >= 0.3 is 0 Å². The van der Waals surface area contributed by atoms with E-state index in [1.54, 1.807) is 18.9 Å². The summed E-state index contributed by atoms with van der Waals surface area (Å²) >= 11 is 1.67. The highest BCUT2D eigenvalue weighted by Gasteiger charge is 2.21. The fourth-order valence-corrected chi connectivity index (χ4v) is 3.79. The summed E-state index contributed by atoms with van der Waals surface area (Å²) in [7, 11) is 3.72. The normalized spacial score (nSPS) is 17.5. The zero-order chi connectivity index (χ0) is 17.6. The fraction of sp³-hybridized carbons (Fsp3) is 0.556. The van der Waals surface area contributed by atoms with E-state index in [-0.39, 0.29) is 0 Å². The summed E-state index contributed by atoms with van der Waals surface area (Å²) in [5.74, 6) is 3.91. The molecular weight excluding hydrogens is 336 g/mol. The van der Waals surface area contributed by atoms with Gasteiger partial charge in [0.1, 0.15) is 5.82 Å². The maximum Gasteiger partial charge on any atom is 0.191 e. The zero-order valence-electron chi connectivity index (χ0n) is 15.1. The highest BCUT2D eigenvalue weighted by atomic mass is 32.2. The number of hydrogen-bond acceptors (Lipinski definition) is 6. The van der Waals surface area contributed by atoms with Gasteiger partial charge in [0, 0.05) is 25.3 Å². The van der Waals surface area contributed by atoms with Crippen LogP contribution in [0.3, 0.4) is 0 Å². The van der Waals surface area contributed by atoms with Gasteiger partial charge in [-0.2, -0.15) is 0 Å². The Morgan fingerprint density at radius 3 is 2.96 bits per heavy atom. The molecule has 0 spiro atoms. The lowest BCUT2D eigenvalue weighted by molar-refractivity contribution is 0.313. The predicted octanol–water partition coefficient (Wildman–Crippen LogP) is 2.77. The molecule has 1 N–H and O–H groups in total. The second-order valence-electron chi connectivity index (χ2n) is 6.29. The average Bonchev–Trinajstić information content (AvgIpc) is 3.01. The lowest BCUT2D eigenvalue weighted by Crippen LogP contribution is -2.29. The van der Waals surface area contributed by atoms with Crippen LogP contribution in [0.4, 0.5) is 0 Å². The van der Waals surface area contributed by atoms with Gasteiger partial charge in [0.25, 0.3) is 0 Å². The first kappa shape index (κ1) is 18.1. The molecule has 1 aliphatic heterocycles. The quantitative estimate of drug-likeness (QED) is 0.604. The van der Waals surface area contributed by atoms with Gasteiger partial charge in [-0.3, -0.25) is 0 Å². The molecule has 0 saturated carbocycles. The predicted molar refractivity (Wildman–Crippen MR) is 99.8 cm³/mol. The van der Waals surface area contributed by atoms with Gasteiger partial charge in [-0.15, -0.1) is 10.2 Å². The highest BCUT2D eigenvalue weighted by molar-refractivity contribution is 7.99. The molecule has 1 aromatic heterocycles. The Morgan fingerprint density at radius 1 is 1.32 bits per heavy atom. The van der Waals surface area contributed by atoms with E-state index in [0.29, 0.717) is 12.5 Å². The molecule has 1 fully saturated rings. The number of nitrogens with one attached hydrogen (secondary N) is 1. The number of methoxy groups -OCH3 is 1. The van der Waals surface area contributed by atoms with Gasteiger partial charge in [-0.25, -0.2) is 0 Å². The summed E-state index contributed by atoms with van der Waals surface area (Å²) in [5, 5.41) is 13.1. The summed E-state index contributed by atoms with van der Waals surface area (Å²) in [6.07, 6.45) is 2.38. The zero-order valence-corrected chi connectivity index (χ0v) is 15.9. The van der Waals surface area contributed by atoms with Crippen molar-refractivity contribution < 1.29 is 9.47 Å². The van der Waals surface area contributed by atoms with E-state index in [0.717, 1.165) is 46.9 Å². The SMILES string of the molecule is COc1cc(C)ccc1OCCSc1nnc([C@H]2CCCNC2)n1C. The van der Waals surface area contributed by atoms with E-state index in [1.165, 1.54) is 12.8 Å². The Labute approximate surface area is 153 Å². The van der Waals surface area contributed by atoms with Crippen LogP contribution in [-0.2, 0) is 7.05 Å². The third kappa shape index (κ3) is 4.46. The molecule has 136 valence electrons. The van der Waals surface area contributed by atoms with Crippen molar-refractivity contribution in [3.8, 4) is 11.5 Å². The lowest BCUT2D eigenvalue weighted by atomic mass is 9.99. The summed E-state index contributed by atoms with van der Waals surface area (Å²) in [5.41, 5.74) is 1.15. The van der Waals surface area contributed by atoms with Crippen LogP contribution in [0.5, 0.6) is 11.5 Å². The summed E-state index contributed by atoms with van der Waals surface area (Å²) < 4.78 is 13.3. The van der Waals surface area contributed by atoms with Crippen LogP contribution < -0.4 is 14.8 Å². The van der Waals surface area contributed by atoms with Gasteiger partial charge in [-0.05, 0) is 44.0 Å². The number of ether oxygens (including phenoxy) is 2. The van der Waals surface area contributed by atoms with Gasteiger partial charge in [0.05, 0.1) is 13.7 Å². The Balaban J connectivity index is 1.52. The van der Waals surface area contributed by atoms with Crippen molar-refractivity contribution in [2.45, 2.75) is 30.8 Å². The van der Waals surface area contributed by atoms with E-state index in [1.807, 2.05) is 25.1 Å². The van der Waals surface area contributed by atoms with E-state index in [2.05, 4.69) is 27.1 Å². The van der Waals surface area contributed by atoms with Crippen LogP contribution >= 0.6 is 11.8 Å². The van der Waals surface area contributed by atoms with Gasteiger partial charge in [-0.1, -0.05) is 17.8 Å². The minimum absolute atomic E-state index is 0.466. The Kier molecular flexibility index (Phi) is 6.20. The molecule has 6 nitrogen and oxygen atoms in total. The maximum absolute atomic E-state index is 5.85. The first-order valence-corrected chi connectivity index (χ1v) is 9.68. The second-order valence-corrected chi connectivity index (χ2v) is 7.36. The third-order valence-electron chi connectivity index (χ3n) is 4.42. The van der Waals surface area contributed by atoms with Crippen LogP contribution in [0.25, 0.3) is 0 Å². The molecule has 2 aromatic rings. The van der Waals surface area contributed by atoms with E-state index in [9.17, 15) is 0 Å². The first-order chi connectivity index (χ1) is 12.2. The number of benzene rings is 1. The van der Waals surface area contributed by atoms with E-state index in [4.69, 9.17) is 9.47 Å². The number of aromatic nitrogens is 3. The fourth-order valence-electron chi connectivity index (χ4n) is 3.06. The van der Waals surface area contributed by atoms with Crippen molar-refractivity contribution in [1.29, 1.82) is 0 Å². The number of piperidine rings is 1. The van der Waals surface area contributed by atoms with Crippen LogP contribution in [0.1, 0.15) is 30.1 Å². The molecular formula is C18H26N4O2S. The number of hydrogen-bond donors (Lipinski definition) is 1. The van der Waals surface area contributed by atoms with Crippen molar-refractivity contribution in [1.82, 2.24) is 20.1 Å². The molecule has 0 aliphatic carbocycles. The Hall–Kier alpha value is -1.73. The minimum atomic E-state index is 0.466. The summed E-state index contributed by atoms with van der Waals surface area (Å²) in [6.45, 7) is 4.73. The van der Waals surface area contributed by atoms with Crippen LogP contribution in [0.15, 0.2) is 23.4 Å². The monoisotopic (exact) mass is 362 g/mol. The van der Waals surface area contributed by atoms with Gasteiger partial charge < -0.3 is 19.4 Å². The topological polar surface area (TPSA) is 61.2 Å². The largest absolute Gasteiger partial charge is 0.493 e. The molecule has 1 saturated heterocycles. The number of rotatable bonds is 7. The molecule has 1 aliphatic rings. The second kappa shape index (κ2) is 8.58. The van der Waals surface area contributed by atoms with E-state index >= 15 is 0 Å². The van der Waals surface area contributed by atoms with Crippen molar-refractivity contribution in [3.05, 3.63) is 29.6 Å². The molecule has 25 heavy (non-hydrogen) atoms. The maximum atomic E-state index is 5.85. The van der Waals surface area contributed by atoms with Crippen molar-refractivity contribution in [2.75, 3.05) is 32.6 Å². The van der Waals surface area contributed by atoms with Gasteiger partial charge in [0.2, 0.25) is 0 Å². The molecule has 0 bridgehead atoms. The minimum Gasteiger partial charge on any atom is -0.493 e. The summed E-state index contributed by atoms with van der Waals surface area (Å²) in [4.78, 5) is 0. The van der Waals surface area contributed by atoms with Crippen molar-refractivity contribution in [3.63, 3.8) is 0 Å². The molecule has 3 rings (SSSR count). The smallest absolute Gasteiger partial charge is 0.191 e. The summed E-state index contributed by atoms with van der Waals surface area (Å²) in [6, 6.07) is 5.96. The molecule has 0 amide bonds. The highest BCUT2D eigenvalue weighted by Crippen LogP contribution is 2.28. The lowest BCUT2D eigenvalue weighted by Gasteiger charge is -2.21. The van der Waals surface area contributed by atoms with Crippen LogP contribution in [0, 0.1) is 6.92 Å². The van der Waals surface area contributed by atoms with E-state index < -0.39 is 0 Å². The Bertz CT molecular complexity index is 698. The van der Waals surface area contributed by atoms with Crippen molar-refractivity contribution in [2.24, 2.45) is 7.05 Å². The average molecular weight is 362 g/mol. The number of thioether (sulfide) groups is 1. The van der Waals surface area contributed by atoms with Crippen LogP contribution in [0.2, 0.25) is 0 Å². The molecule has 7 heteroatoms. The molecule has 2 heterocycles. The third-order valence-corrected chi connectivity index (χ3v) is 5.41. The Morgan fingerprint density at radius 2 is 2.20 bits per heavy atom. The van der Waals surface area contributed by atoms with Gasteiger partial charge in [0.15, 0.2) is 16.7 Å². The standard InChI is InChI=1S/C18H26N4O2S/c1-13-6-7-15(16(11-13)23-3)24-9-10-25-18-21-20-17(22(18)2)14-5-4-8-19-12-14/h6-7,11,14,19H,4-5,8-10,12H2,1-3H3/t14-/m0/s1. The first-order valence-electron chi connectivity index (χ1n) is 8.69. The van der Waals surface area contributed by atoms with Crippen LogP contribution in [-0.4, -0.2) is 47.3 Å².